The minimum atomic E-state index is 0.866. The fourth-order valence-electron chi connectivity index (χ4n) is 8.70. The van der Waals surface area contributed by atoms with Crippen molar-refractivity contribution in [3.05, 3.63) is 224 Å². The third kappa shape index (κ3) is 5.82. The van der Waals surface area contributed by atoms with E-state index in [1.807, 2.05) is 0 Å². The van der Waals surface area contributed by atoms with E-state index in [2.05, 4.69) is 229 Å². The fraction of sp³-hybridized carbons (Fsp3) is 0. The lowest BCUT2D eigenvalue weighted by atomic mass is 9.91. The van der Waals surface area contributed by atoms with Gasteiger partial charge in [-0.15, -0.1) is 0 Å². The van der Waals surface area contributed by atoms with Crippen molar-refractivity contribution in [2.45, 2.75) is 0 Å². The van der Waals surface area contributed by atoms with Gasteiger partial charge in [0.25, 0.3) is 0 Å². The van der Waals surface area contributed by atoms with Gasteiger partial charge < -0.3 is 9.32 Å². The van der Waals surface area contributed by atoms with E-state index in [1.54, 1.807) is 0 Å². The summed E-state index contributed by atoms with van der Waals surface area (Å²) in [5, 5.41) is 7.09. The van der Waals surface area contributed by atoms with Crippen molar-refractivity contribution in [1.29, 1.82) is 0 Å². The number of hydrogen-bond donors (Lipinski definition) is 0. The summed E-state index contributed by atoms with van der Waals surface area (Å²) in [6.45, 7) is 0. The molecule has 2 heteroatoms. The van der Waals surface area contributed by atoms with Gasteiger partial charge in [-0.3, -0.25) is 0 Å². The van der Waals surface area contributed by atoms with Crippen molar-refractivity contribution in [2.24, 2.45) is 0 Å². The van der Waals surface area contributed by atoms with Gasteiger partial charge in [-0.2, -0.15) is 0 Å². The first kappa shape index (κ1) is 33.6. The summed E-state index contributed by atoms with van der Waals surface area (Å²) in [7, 11) is 0. The number of fused-ring (bicyclic) bond motifs is 6. The zero-order valence-corrected chi connectivity index (χ0v) is 31.7. The lowest BCUT2D eigenvalue weighted by Gasteiger charge is -2.27. The van der Waals surface area contributed by atoms with Gasteiger partial charge in [0.15, 0.2) is 0 Å². The summed E-state index contributed by atoms with van der Waals surface area (Å²) in [6, 6.07) is 80.6. The zero-order chi connectivity index (χ0) is 38.4. The minimum Gasteiger partial charge on any atom is -0.456 e. The quantitative estimate of drug-likeness (QED) is 0.162. The van der Waals surface area contributed by atoms with Crippen LogP contribution < -0.4 is 4.90 Å². The highest BCUT2D eigenvalue weighted by Crippen LogP contribution is 2.46. The average Bonchev–Trinajstić information content (AvgIpc) is 3.70. The third-order valence-electron chi connectivity index (χ3n) is 11.5. The molecule has 0 N–H and O–H groups in total. The van der Waals surface area contributed by atoms with Gasteiger partial charge in [-0.1, -0.05) is 182 Å². The maximum atomic E-state index is 6.58. The SMILES string of the molecule is c1ccc(-c2ccc(-c3ccc(N(c4ccc(-c5cccc6cccc(-c7ccccc7)c56)cc4)c4cccc5oc6ccc7ccccc7c6c45)cc3)cc2)cc1. The molecule has 0 amide bonds. The number of nitrogens with zero attached hydrogens (tertiary/aromatic N) is 1. The van der Waals surface area contributed by atoms with Gasteiger partial charge in [0.05, 0.1) is 11.1 Å². The molecule has 2 nitrogen and oxygen atoms in total. The predicted molar refractivity (Wildman–Crippen MR) is 245 cm³/mol. The topological polar surface area (TPSA) is 16.4 Å². The van der Waals surface area contributed by atoms with Crippen LogP contribution in [0.15, 0.2) is 229 Å². The summed E-state index contributed by atoms with van der Waals surface area (Å²) in [5.74, 6) is 0. The number of furan rings is 1. The molecule has 11 aromatic rings. The summed E-state index contributed by atoms with van der Waals surface area (Å²) in [4.78, 5) is 2.38. The maximum Gasteiger partial charge on any atom is 0.137 e. The second kappa shape index (κ2) is 14.1. The Kier molecular flexibility index (Phi) is 8.19. The van der Waals surface area contributed by atoms with E-state index in [1.165, 1.54) is 66.1 Å². The van der Waals surface area contributed by atoms with Crippen LogP contribution in [0.25, 0.3) is 88.0 Å². The molecule has 0 atom stereocenters. The number of anilines is 3. The molecule has 10 aromatic carbocycles. The predicted octanol–water partition coefficient (Wildman–Crippen LogP) is 16.0. The van der Waals surface area contributed by atoms with Crippen LogP contribution in [-0.2, 0) is 0 Å². The zero-order valence-electron chi connectivity index (χ0n) is 31.7. The Morgan fingerprint density at radius 2 is 0.741 bits per heavy atom. The molecular weight excluding hydrogens is 703 g/mol. The summed E-state index contributed by atoms with van der Waals surface area (Å²) < 4.78 is 6.58. The molecule has 0 aliphatic rings. The van der Waals surface area contributed by atoms with Crippen LogP contribution in [0.3, 0.4) is 0 Å². The normalized spacial score (nSPS) is 11.4. The Hall–Kier alpha value is -7.68. The van der Waals surface area contributed by atoms with Crippen LogP contribution in [0.5, 0.6) is 0 Å². The average molecular weight is 740 g/mol. The lowest BCUT2D eigenvalue weighted by Crippen LogP contribution is -2.10. The minimum absolute atomic E-state index is 0.866. The Labute approximate surface area is 337 Å². The molecular formula is C56H37NO. The van der Waals surface area contributed by atoms with Gasteiger partial charge in [0.1, 0.15) is 11.2 Å². The van der Waals surface area contributed by atoms with Crippen molar-refractivity contribution >= 4 is 60.5 Å². The van der Waals surface area contributed by atoms with E-state index in [0.29, 0.717) is 0 Å². The van der Waals surface area contributed by atoms with Crippen molar-refractivity contribution in [2.75, 3.05) is 4.90 Å². The molecule has 0 saturated carbocycles. The number of hydrogen-bond acceptors (Lipinski definition) is 2. The van der Waals surface area contributed by atoms with Crippen molar-refractivity contribution < 1.29 is 4.42 Å². The molecule has 0 unspecified atom stereocenters. The molecule has 0 radical (unpaired) electrons. The molecule has 1 heterocycles. The first-order valence-electron chi connectivity index (χ1n) is 19.8. The van der Waals surface area contributed by atoms with Crippen molar-refractivity contribution in [1.82, 2.24) is 0 Å². The molecule has 0 saturated heterocycles. The summed E-state index contributed by atoms with van der Waals surface area (Å²) >= 11 is 0. The molecule has 0 bridgehead atoms. The molecule has 0 fully saturated rings. The van der Waals surface area contributed by atoms with Crippen LogP contribution in [-0.4, -0.2) is 0 Å². The maximum absolute atomic E-state index is 6.58. The lowest BCUT2D eigenvalue weighted by molar-refractivity contribution is 0.669. The second-order valence-corrected chi connectivity index (χ2v) is 14.9. The van der Waals surface area contributed by atoms with Crippen LogP contribution >= 0.6 is 0 Å². The largest absolute Gasteiger partial charge is 0.456 e. The van der Waals surface area contributed by atoms with Gasteiger partial charge in [-0.05, 0) is 109 Å². The Morgan fingerprint density at radius 3 is 1.38 bits per heavy atom. The highest BCUT2D eigenvalue weighted by Gasteiger charge is 2.21. The summed E-state index contributed by atoms with van der Waals surface area (Å²) in [6.07, 6.45) is 0. The third-order valence-corrected chi connectivity index (χ3v) is 11.5. The van der Waals surface area contributed by atoms with E-state index < -0.39 is 0 Å². The molecule has 0 aliphatic carbocycles. The van der Waals surface area contributed by atoms with E-state index >= 15 is 0 Å². The van der Waals surface area contributed by atoms with Crippen LogP contribution in [0, 0.1) is 0 Å². The van der Waals surface area contributed by atoms with Gasteiger partial charge in [0.2, 0.25) is 0 Å². The molecule has 1 aromatic heterocycles. The van der Waals surface area contributed by atoms with Crippen molar-refractivity contribution in [3.63, 3.8) is 0 Å². The molecule has 58 heavy (non-hydrogen) atoms. The first-order chi connectivity index (χ1) is 28.8. The molecule has 11 rings (SSSR count). The van der Waals surface area contributed by atoms with Gasteiger partial charge >= 0.3 is 0 Å². The van der Waals surface area contributed by atoms with E-state index in [4.69, 9.17) is 4.42 Å². The first-order valence-corrected chi connectivity index (χ1v) is 19.8. The Bertz CT molecular complexity index is 3230. The molecule has 272 valence electrons. The van der Waals surface area contributed by atoms with E-state index in [-0.39, 0.29) is 0 Å². The van der Waals surface area contributed by atoms with Gasteiger partial charge in [-0.25, -0.2) is 0 Å². The van der Waals surface area contributed by atoms with Crippen molar-refractivity contribution in [3.8, 4) is 44.5 Å². The fourth-order valence-corrected chi connectivity index (χ4v) is 8.70. The standard InChI is InChI=1S/C56H37NO/c1-3-12-38(13-4-1)39-24-26-40(27-25-39)41-28-33-46(34-29-41)57(51-22-11-23-52-56(51)55-50-19-8-7-16-43(50)32-37-53(55)58-52)47-35-30-44(31-36-47)49-21-10-18-45-17-9-20-48(54(45)49)42-14-5-2-6-15-42/h1-37H. The van der Waals surface area contributed by atoms with Crippen LogP contribution in [0.2, 0.25) is 0 Å². The highest BCUT2D eigenvalue weighted by atomic mass is 16.3. The smallest absolute Gasteiger partial charge is 0.137 e. The summed E-state index contributed by atoms with van der Waals surface area (Å²) in [5.41, 5.74) is 14.6. The Balaban J connectivity index is 1.06. The second-order valence-electron chi connectivity index (χ2n) is 14.9. The van der Waals surface area contributed by atoms with E-state index in [0.717, 1.165) is 39.0 Å². The van der Waals surface area contributed by atoms with Crippen LogP contribution in [0.1, 0.15) is 0 Å². The molecule has 0 aliphatic heterocycles. The molecule has 0 spiro atoms. The Morgan fingerprint density at radius 1 is 0.276 bits per heavy atom. The van der Waals surface area contributed by atoms with Crippen LogP contribution in [0.4, 0.5) is 17.1 Å². The highest BCUT2D eigenvalue weighted by molar-refractivity contribution is 6.23. The van der Waals surface area contributed by atoms with Gasteiger partial charge in [0, 0.05) is 16.8 Å². The van der Waals surface area contributed by atoms with E-state index in [9.17, 15) is 0 Å². The number of benzene rings is 10. The monoisotopic (exact) mass is 739 g/mol. The number of rotatable bonds is 7.